The van der Waals surface area contributed by atoms with E-state index in [0.717, 1.165) is 24.8 Å². The average molecular weight is 289 g/mol. The van der Waals surface area contributed by atoms with Crippen LogP contribution in [0.5, 0.6) is 0 Å². The Balaban J connectivity index is 2.00. The van der Waals surface area contributed by atoms with E-state index in [2.05, 4.69) is 22.1 Å². The van der Waals surface area contributed by atoms with E-state index < -0.39 is 9.84 Å². The third-order valence-electron chi connectivity index (χ3n) is 2.92. The second-order valence-electron chi connectivity index (χ2n) is 4.38. The van der Waals surface area contributed by atoms with E-state index in [4.69, 9.17) is 0 Å². The molecule has 2 rings (SSSR count). The van der Waals surface area contributed by atoms with E-state index in [-0.39, 0.29) is 5.75 Å². The van der Waals surface area contributed by atoms with Crippen LogP contribution in [0.25, 0.3) is 0 Å². The smallest absolute Gasteiger partial charge is 0.185 e. The maximum absolute atomic E-state index is 11.5. The first-order valence-electron chi connectivity index (χ1n) is 6.21. The number of anilines is 1. The predicted molar refractivity (Wildman–Crippen MR) is 75.0 cm³/mol. The van der Waals surface area contributed by atoms with Gasteiger partial charge in [0.25, 0.3) is 0 Å². The van der Waals surface area contributed by atoms with E-state index in [0.29, 0.717) is 18.7 Å². The molecule has 0 spiro atoms. The zero-order chi connectivity index (χ0) is 13.0. The molecule has 0 unspecified atom stereocenters. The summed E-state index contributed by atoms with van der Waals surface area (Å²) in [4.78, 5) is 7.67. The third-order valence-corrected chi connectivity index (χ3v) is 5.69. The highest BCUT2D eigenvalue weighted by atomic mass is 32.2. The van der Waals surface area contributed by atoms with Crippen molar-refractivity contribution in [3.63, 3.8) is 0 Å². The van der Waals surface area contributed by atoms with Crippen molar-refractivity contribution in [3.8, 4) is 0 Å². The molecule has 0 aliphatic carbocycles. The van der Waals surface area contributed by atoms with Gasteiger partial charge in [-0.05, 0) is 13.0 Å². The summed E-state index contributed by atoms with van der Waals surface area (Å²) in [5.74, 6) is 0.550. The summed E-state index contributed by atoms with van der Waals surface area (Å²) in [6.07, 6.45) is 2.58. The van der Waals surface area contributed by atoms with Gasteiger partial charge in [-0.3, -0.25) is 0 Å². The lowest BCUT2D eigenvalue weighted by atomic mass is 10.4. The van der Waals surface area contributed by atoms with Gasteiger partial charge in [0.1, 0.15) is 0 Å². The van der Waals surface area contributed by atoms with Crippen LogP contribution < -0.4 is 10.2 Å². The van der Waals surface area contributed by atoms with Crippen molar-refractivity contribution in [2.45, 2.75) is 19.9 Å². The number of hydrogen-bond donors (Lipinski definition) is 1. The highest BCUT2D eigenvalue weighted by molar-refractivity contribution is 7.91. The molecule has 0 atom stereocenters. The van der Waals surface area contributed by atoms with E-state index in [1.165, 1.54) is 4.88 Å². The number of hydrogen-bond acceptors (Lipinski definition) is 6. The maximum Gasteiger partial charge on any atom is 0.185 e. The Labute approximate surface area is 112 Å². The van der Waals surface area contributed by atoms with Crippen molar-refractivity contribution in [2.75, 3.05) is 36.0 Å². The first-order chi connectivity index (χ1) is 8.61. The summed E-state index contributed by atoms with van der Waals surface area (Å²) in [6, 6.07) is 0. The van der Waals surface area contributed by atoms with Crippen molar-refractivity contribution in [1.29, 1.82) is 0 Å². The van der Waals surface area contributed by atoms with Crippen LogP contribution in [0.1, 0.15) is 18.2 Å². The second kappa shape index (κ2) is 5.99. The Bertz CT molecular complexity index is 484. The lowest BCUT2D eigenvalue weighted by Gasteiger charge is -2.17. The largest absolute Gasteiger partial charge is 0.347 e. The fourth-order valence-electron chi connectivity index (χ4n) is 1.90. The first kappa shape index (κ1) is 13.8. The minimum atomic E-state index is -2.84. The van der Waals surface area contributed by atoms with Gasteiger partial charge in [-0.1, -0.05) is 6.92 Å². The Morgan fingerprint density at radius 3 is 3.06 bits per heavy atom. The lowest BCUT2D eigenvalue weighted by Crippen LogP contribution is -2.26. The van der Waals surface area contributed by atoms with Crippen molar-refractivity contribution in [1.82, 2.24) is 10.3 Å². The van der Waals surface area contributed by atoms with E-state index in [1.54, 1.807) is 11.3 Å². The molecule has 0 amide bonds. The normalized spacial score (nSPS) is 19.7. The molecule has 1 N–H and O–H groups in total. The summed E-state index contributed by atoms with van der Waals surface area (Å²) in [5.41, 5.74) is 0. The van der Waals surface area contributed by atoms with Gasteiger partial charge in [-0.2, -0.15) is 0 Å². The van der Waals surface area contributed by atoms with Gasteiger partial charge in [0, 0.05) is 30.7 Å². The molecular weight excluding hydrogens is 270 g/mol. The number of rotatable bonds is 4. The molecule has 1 saturated heterocycles. The number of thiazole rings is 1. The van der Waals surface area contributed by atoms with Crippen LogP contribution in [0.15, 0.2) is 6.20 Å². The third kappa shape index (κ3) is 3.66. The van der Waals surface area contributed by atoms with E-state index in [1.807, 2.05) is 6.20 Å². The zero-order valence-corrected chi connectivity index (χ0v) is 12.2. The van der Waals surface area contributed by atoms with Crippen LogP contribution in [0.4, 0.5) is 5.13 Å². The Kier molecular flexibility index (Phi) is 4.58. The van der Waals surface area contributed by atoms with Gasteiger partial charge in [-0.15, -0.1) is 11.3 Å². The molecule has 7 heteroatoms. The molecule has 0 bridgehead atoms. The van der Waals surface area contributed by atoms with Gasteiger partial charge in [-0.25, -0.2) is 13.4 Å². The van der Waals surface area contributed by atoms with Gasteiger partial charge in [0.05, 0.1) is 11.5 Å². The van der Waals surface area contributed by atoms with Gasteiger partial charge >= 0.3 is 0 Å². The summed E-state index contributed by atoms with van der Waals surface area (Å²) >= 11 is 1.65. The zero-order valence-electron chi connectivity index (χ0n) is 10.6. The van der Waals surface area contributed by atoms with Crippen LogP contribution in [0.3, 0.4) is 0 Å². The minimum absolute atomic E-state index is 0.245. The molecule has 2 heterocycles. The molecule has 102 valence electrons. The molecule has 1 fully saturated rings. The number of nitrogens with zero attached hydrogens (tertiary/aromatic N) is 2. The molecule has 0 radical (unpaired) electrons. The first-order valence-corrected chi connectivity index (χ1v) is 8.85. The molecule has 18 heavy (non-hydrogen) atoms. The quantitative estimate of drug-likeness (QED) is 0.891. The molecule has 1 aliphatic heterocycles. The van der Waals surface area contributed by atoms with Crippen LogP contribution in [0.2, 0.25) is 0 Å². The summed E-state index contributed by atoms with van der Waals surface area (Å²) < 4.78 is 23.1. The molecule has 0 saturated carbocycles. The monoisotopic (exact) mass is 289 g/mol. The molecule has 5 nitrogen and oxygen atoms in total. The van der Waals surface area contributed by atoms with Crippen molar-refractivity contribution < 1.29 is 8.42 Å². The second-order valence-corrected chi connectivity index (χ2v) is 7.78. The molecule has 1 aromatic rings. The van der Waals surface area contributed by atoms with Crippen molar-refractivity contribution >= 4 is 26.3 Å². The fraction of sp³-hybridized carbons (Fsp3) is 0.727. The van der Waals surface area contributed by atoms with Crippen molar-refractivity contribution in [2.24, 2.45) is 0 Å². The Hall–Kier alpha value is -0.660. The average Bonchev–Trinajstić information content (AvgIpc) is 2.72. The predicted octanol–water partition coefficient (Wildman–Crippen LogP) is 0.877. The summed E-state index contributed by atoms with van der Waals surface area (Å²) in [7, 11) is -2.84. The molecule has 1 aliphatic rings. The number of sulfone groups is 1. The maximum atomic E-state index is 11.5. The molecule has 0 aromatic carbocycles. The lowest BCUT2D eigenvalue weighted by molar-refractivity contribution is 0.597. The van der Waals surface area contributed by atoms with E-state index >= 15 is 0 Å². The van der Waals surface area contributed by atoms with Crippen molar-refractivity contribution in [3.05, 3.63) is 11.1 Å². The number of aromatic nitrogens is 1. The fourth-order valence-corrected chi connectivity index (χ4v) is 4.11. The van der Waals surface area contributed by atoms with Crippen LogP contribution in [0, 0.1) is 0 Å². The van der Waals surface area contributed by atoms with Gasteiger partial charge in [0.15, 0.2) is 15.0 Å². The topological polar surface area (TPSA) is 62.3 Å². The summed E-state index contributed by atoms with van der Waals surface area (Å²) in [5, 5.41) is 4.21. The van der Waals surface area contributed by atoms with E-state index in [9.17, 15) is 8.42 Å². The molecule has 1 aromatic heterocycles. The molecular formula is C11H19N3O2S2. The van der Waals surface area contributed by atoms with Gasteiger partial charge < -0.3 is 10.2 Å². The number of nitrogens with one attached hydrogen (secondary N) is 1. The Morgan fingerprint density at radius 1 is 1.44 bits per heavy atom. The SMILES string of the molecule is CCNCc1cnc(N2CCCS(=O)(=O)CC2)s1. The van der Waals surface area contributed by atoms with Crippen LogP contribution in [-0.4, -0.2) is 44.5 Å². The Morgan fingerprint density at radius 2 is 2.28 bits per heavy atom. The summed E-state index contributed by atoms with van der Waals surface area (Å²) in [6.45, 7) is 5.20. The van der Waals surface area contributed by atoms with Gasteiger partial charge in [0.2, 0.25) is 0 Å². The minimum Gasteiger partial charge on any atom is -0.347 e. The highest BCUT2D eigenvalue weighted by Gasteiger charge is 2.20. The standard InChI is InChI=1S/C11H19N3O2S2/c1-2-12-8-10-9-13-11(17-10)14-4-3-6-18(15,16)7-5-14/h9,12H,2-8H2,1H3. The van der Waals surface area contributed by atoms with Crippen LogP contribution >= 0.6 is 11.3 Å². The van der Waals surface area contributed by atoms with Crippen LogP contribution in [-0.2, 0) is 16.4 Å². The highest BCUT2D eigenvalue weighted by Crippen LogP contribution is 2.23.